The van der Waals surface area contributed by atoms with Crippen LogP contribution in [-0.4, -0.2) is 52.3 Å². The highest BCUT2D eigenvalue weighted by Crippen LogP contribution is 2.52. The van der Waals surface area contributed by atoms with E-state index in [2.05, 4.69) is 19.9 Å². The predicted molar refractivity (Wildman–Crippen MR) is 159 cm³/mol. The van der Waals surface area contributed by atoms with E-state index in [0.29, 0.717) is 18.5 Å². The van der Waals surface area contributed by atoms with Crippen molar-refractivity contribution in [2.24, 2.45) is 17.8 Å². The lowest BCUT2D eigenvalue weighted by Crippen LogP contribution is -2.46. The first-order valence-electron chi connectivity index (χ1n) is 14.6. The normalized spacial score (nSPS) is 24.6. The number of carbonyl (C=O) groups is 2. The zero-order valence-corrected chi connectivity index (χ0v) is 23.6. The second-order valence-electron chi connectivity index (χ2n) is 11.3. The lowest BCUT2D eigenvalue weighted by atomic mass is 9.58. The molecule has 8 nitrogen and oxygen atoms in total. The maximum atomic E-state index is 13.9. The van der Waals surface area contributed by atoms with E-state index in [4.69, 9.17) is 4.65 Å². The lowest BCUT2D eigenvalue weighted by Gasteiger charge is -2.43. The molecule has 0 unspecified atom stereocenters. The van der Waals surface area contributed by atoms with Gasteiger partial charge in [0.15, 0.2) is 0 Å². The predicted octanol–water partition coefficient (Wildman–Crippen LogP) is 3.45. The van der Waals surface area contributed by atoms with Crippen LogP contribution in [-0.2, 0) is 14.2 Å². The molecular weight excluding hydrogens is 520 g/mol. The van der Waals surface area contributed by atoms with Gasteiger partial charge in [-0.1, -0.05) is 61.8 Å². The third-order valence-corrected chi connectivity index (χ3v) is 8.71. The van der Waals surface area contributed by atoms with Gasteiger partial charge in [0.25, 0.3) is 0 Å². The maximum absolute atomic E-state index is 13.9. The number of benzene rings is 2. The molecule has 1 aliphatic carbocycles. The Kier molecular flexibility index (Phi) is 8.85. The van der Waals surface area contributed by atoms with Crippen LogP contribution in [0.4, 0.5) is 5.69 Å². The first kappa shape index (κ1) is 29.3. The van der Waals surface area contributed by atoms with Crippen LogP contribution < -0.4 is 10.4 Å². The quantitative estimate of drug-likeness (QED) is 0.211. The fourth-order valence-electron chi connectivity index (χ4n) is 6.90. The van der Waals surface area contributed by atoms with E-state index in [1.54, 1.807) is 24.3 Å². The molecule has 0 aromatic heterocycles. The summed E-state index contributed by atoms with van der Waals surface area (Å²) in [7, 11) is -2.75. The minimum Gasteiger partial charge on any atom is -0.508 e. The molecule has 0 saturated carbocycles. The van der Waals surface area contributed by atoms with Crippen molar-refractivity contribution in [3.05, 3.63) is 70.8 Å². The number of anilines is 1. The number of amides is 2. The fraction of sp³-hybridized carbons (Fsp3) is 0.419. The number of fused-ring (bicyclic) bond motifs is 3. The van der Waals surface area contributed by atoms with Gasteiger partial charge in [-0.15, -0.1) is 0 Å². The van der Waals surface area contributed by atoms with Gasteiger partial charge in [0.1, 0.15) is 5.75 Å². The van der Waals surface area contributed by atoms with Crippen LogP contribution in [0.2, 0.25) is 6.32 Å². The van der Waals surface area contributed by atoms with Crippen LogP contribution in [0.3, 0.4) is 0 Å². The van der Waals surface area contributed by atoms with Crippen molar-refractivity contribution in [2.45, 2.75) is 64.8 Å². The van der Waals surface area contributed by atoms with Gasteiger partial charge in [-0.3, -0.25) is 14.5 Å². The third kappa shape index (κ3) is 5.93. The summed E-state index contributed by atoms with van der Waals surface area (Å²) in [6.07, 6.45) is 6.29. The molecule has 2 aromatic rings. The molecule has 4 N–H and O–H groups in total. The van der Waals surface area contributed by atoms with Crippen LogP contribution in [0.1, 0.15) is 57.9 Å². The van der Waals surface area contributed by atoms with Gasteiger partial charge < -0.3 is 24.8 Å². The van der Waals surface area contributed by atoms with Crippen molar-refractivity contribution in [1.29, 1.82) is 0 Å². The second kappa shape index (κ2) is 12.4. The summed E-state index contributed by atoms with van der Waals surface area (Å²) in [4.78, 5) is 28.8. The Hall–Kier alpha value is -3.17. The molecule has 4 atom stereocenters. The Morgan fingerprint density at radius 3 is 2.59 bits per heavy atom. The average Bonchev–Trinajstić information content (AvgIpc) is 3.20. The number of imide groups is 1. The van der Waals surface area contributed by atoms with Crippen molar-refractivity contribution in [3.8, 4) is 5.75 Å². The Morgan fingerprint density at radius 1 is 1.10 bits per heavy atom. The van der Waals surface area contributed by atoms with E-state index in [-0.39, 0.29) is 41.4 Å². The largest absolute Gasteiger partial charge is 0.508 e. The fourth-order valence-corrected chi connectivity index (χ4v) is 6.90. The van der Waals surface area contributed by atoms with E-state index in [1.807, 2.05) is 12.1 Å². The van der Waals surface area contributed by atoms with Crippen molar-refractivity contribution in [2.75, 3.05) is 4.90 Å². The van der Waals surface area contributed by atoms with Gasteiger partial charge in [-0.25, -0.2) is 0 Å². The van der Waals surface area contributed by atoms with Gasteiger partial charge in [0.2, 0.25) is 11.8 Å². The minimum atomic E-state index is -1.71. The monoisotopic (exact) mass is 557 g/mol. The van der Waals surface area contributed by atoms with Crippen molar-refractivity contribution < 1.29 is 34.4 Å². The van der Waals surface area contributed by atoms with Crippen LogP contribution in [0.15, 0.2) is 65.3 Å². The topological polar surface area (TPSA) is 128 Å². The number of aromatic hydroxyl groups is 1. The molecule has 10 heteroatoms. The van der Waals surface area contributed by atoms with Gasteiger partial charge in [0, 0.05) is 0 Å². The molecule has 0 radical (unpaired) electrons. The zero-order valence-electron chi connectivity index (χ0n) is 23.6. The van der Waals surface area contributed by atoms with Crippen molar-refractivity contribution in [1.82, 2.24) is 0 Å². The molecule has 2 saturated heterocycles. The summed E-state index contributed by atoms with van der Waals surface area (Å²) in [5.74, 6) is -1.81. The van der Waals surface area contributed by atoms with Crippen LogP contribution in [0.25, 0.3) is 6.08 Å². The van der Waals surface area contributed by atoms with Gasteiger partial charge in [-0.2, -0.15) is 0 Å². The van der Waals surface area contributed by atoms with Crippen LogP contribution >= 0.6 is 0 Å². The van der Waals surface area contributed by atoms with E-state index in [9.17, 15) is 29.8 Å². The number of phenolic OH excluding ortho intramolecular Hbond substituents is 1. The molecule has 5 rings (SSSR count). The van der Waals surface area contributed by atoms with Crippen LogP contribution in [0, 0.1) is 17.8 Å². The molecule has 2 amide bonds. The summed E-state index contributed by atoms with van der Waals surface area (Å²) >= 11 is 0. The molecule has 0 bridgehead atoms. The van der Waals surface area contributed by atoms with Crippen molar-refractivity contribution in [3.63, 3.8) is 0 Å². The lowest BCUT2D eigenvalue weighted by molar-refractivity contribution is -0.122. The molecule has 2 heterocycles. The highest BCUT2D eigenvalue weighted by Gasteiger charge is 2.57. The summed E-state index contributed by atoms with van der Waals surface area (Å²) in [5, 5.41) is 40.0. The number of hydrogen-bond donors (Lipinski definition) is 4. The molecule has 2 fully saturated rings. The molecule has 2 aromatic carbocycles. The number of phenols is 1. The Bertz CT molecular complexity index is 1370. The number of rotatable bonds is 9. The third-order valence-electron chi connectivity index (χ3n) is 8.71. The average molecular weight is 557 g/mol. The van der Waals surface area contributed by atoms with Gasteiger partial charge >= 0.3 is 14.2 Å². The first-order valence-corrected chi connectivity index (χ1v) is 14.6. The second-order valence-corrected chi connectivity index (χ2v) is 11.3. The molecular formula is C31H37B2NO7. The SMILES string of the molecule is CCCC1=C2[C@@H](CC/C(=C/c3cccc(O)c3)CC)OB(O)C[C@@H]2[C@@H]2C(=O)N(c3cccc(B(O)O)c3)C(=O)[C@@H]2C1. The molecule has 214 valence electrons. The minimum absolute atomic E-state index is 0.204. The smallest absolute Gasteiger partial charge is 0.488 e. The highest BCUT2D eigenvalue weighted by molar-refractivity contribution is 6.58. The van der Waals surface area contributed by atoms with E-state index in [1.165, 1.54) is 22.6 Å². The Balaban J connectivity index is 1.44. The Morgan fingerprint density at radius 2 is 1.88 bits per heavy atom. The van der Waals surface area contributed by atoms with Gasteiger partial charge in [-0.05, 0) is 85.2 Å². The highest BCUT2D eigenvalue weighted by atomic mass is 16.5. The van der Waals surface area contributed by atoms with E-state index >= 15 is 0 Å². The molecule has 0 spiro atoms. The van der Waals surface area contributed by atoms with Crippen molar-refractivity contribution >= 4 is 43.3 Å². The molecule has 2 aliphatic heterocycles. The first-order chi connectivity index (χ1) is 19.7. The summed E-state index contributed by atoms with van der Waals surface area (Å²) in [6, 6.07) is 13.3. The Labute approximate surface area is 241 Å². The number of carbonyl (C=O) groups excluding carboxylic acids is 2. The van der Waals surface area contributed by atoms with Gasteiger partial charge in [0.05, 0.1) is 23.6 Å². The van der Waals surface area contributed by atoms with E-state index < -0.39 is 26.1 Å². The zero-order chi connectivity index (χ0) is 29.3. The summed E-state index contributed by atoms with van der Waals surface area (Å²) in [6.45, 7) is 4.18. The summed E-state index contributed by atoms with van der Waals surface area (Å²) < 4.78 is 6.13. The molecule has 3 aliphatic rings. The molecule has 41 heavy (non-hydrogen) atoms. The standard InChI is InChI=1S/C31H37B2NO7/c1-3-7-21-16-25-29(31(37)34(30(25)36)23-10-6-9-22(17-23)33(39)40)26-18-32(38)41-27(28(21)26)13-12-19(4-2)14-20-8-5-11-24(35)15-20/h5-6,8-11,14-15,17,25-27,29,35,38-40H,3-4,7,12-13,16,18H2,1-2H3/b19-14+/t25-,26+,27-,29-/m1/s1. The number of allylic oxidation sites excluding steroid dienone is 2. The number of nitrogens with zero attached hydrogens (tertiary/aromatic N) is 1. The maximum Gasteiger partial charge on any atom is 0.488 e. The van der Waals surface area contributed by atoms with E-state index in [0.717, 1.165) is 42.4 Å². The number of hydrogen-bond acceptors (Lipinski definition) is 7. The summed E-state index contributed by atoms with van der Waals surface area (Å²) in [5.41, 5.74) is 4.85. The van der Waals surface area contributed by atoms with Crippen LogP contribution in [0.5, 0.6) is 5.75 Å².